The molecular weight excluding hydrogens is 300 g/mol. The molecule has 0 bridgehead atoms. The highest BCUT2D eigenvalue weighted by Crippen LogP contribution is 2.26. The Morgan fingerprint density at radius 2 is 1.75 bits per heavy atom. The maximum Gasteiger partial charge on any atom is 0.313 e. The second-order valence-electron chi connectivity index (χ2n) is 7.09. The molecule has 0 aliphatic rings. The summed E-state index contributed by atoms with van der Waals surface area (Å²) in [4.78, 5) is 11.1. The van der Waals surface area contributed by atoms with Gasteiger partial charge >= 0.3 is 5.97 Å². The van der Waals surface area contributed by atoms with Gasteiger partial charge < -0.3 is 10.2 Å². The van der Waals surface area contributed by atoms with Gasteiger partial charge in [0.1, 0.15) is 0 Å². The fourth-order valence-electron chi connectivity index (χ4n) is 2.70. The molecular formula is C21H38O3. The van der Waals surface area contributed by atoms with Gasteiger partial charge in [0.25, 0.3) is 0 Å². The van der Waals surface area contributed by atoms with E-state index < -0.39 is 11.4 Å². The van der Waals surface area contributed by atoms with E-state index in [0.29, 0.717) is 6.42 Å². The molecule has 0 spiro atoms. The average molecular weight is 339 g/mol. The second kappa shape index (κ2) is 14.3. The van der Waals surface area contributed by atoms with Crippen LogP contribution >= 0.6 is 0 Å². The minimum Gasteiger partial charge on any atom is -0.481 e. The zero-order valence-electron chi connectivity index (χ0n) is 15.8. The van der Waals surface area contributed by atoms with Crippen LogP contribution in [-0.2, 0) is 4.79 Å². The van der Waals surface area contributed by atoms with Crippen molar-refractivity contribution < 1.29 is 15.0 Å². The molecule has 24 heavy (non-hydrogen) atoms. The first-order valence-electron chi connectivity index (χ1n) is 9.66. The molecule has 0 aromatic rings. The summed E-state index contributed by atoms with van der Waals surface area (Å²) in [6.07, 6.45) is 18.1. The van der Waals surface area contributed by atoms with Gasteiger partial charge in [0, 0.05) is 0 Å². The minimum atomic E-state index is -0.785. The zero-order chi connectivity index (χ0) is 18.3. The molecule has 0 fully saturated rings. The van der Waals surface area contributed by atoms with Crippen LogP contribution in [0.15, 0.2) is 24.8 Å². The van der Waals surface area contributed by atoms with Crippen molar-refractivity contribution in [2.24, 2.45) is 5.41 Å². The Balaban J connectivity index is 3.56. The number of unbranched alkanes of at least 4 members (excludes halogenated alkanes) is 7. The van der Waals surface area contributed by atoms with E-state index in [0.717, 1.165) is 51.4 Å². The van der Waals surface area contributed by atoms with Crippen molar-refractivity contribution in [3.05, 3.63) is 24.8 Å². The Hall–Kier alpha value is -1.09. The van der Waals surface area contributed by atoms with Crippen LogP contribution in [0.1, 0.15) is 90.9 Å². The van der Waals surface area contributed by atoms with E-state index in [9.17, 15) is 9.90 Å². The molecule has 0 saturated heterocycles. The summed E-state index contributed by atoms with van der Waals surface area (Å²) in [5.74, 6) is -0.784. The van der Waals surface area contributed by atoms with E-state index in [1.165, 1.54) is 19.3 Å². The first-order chi connectivity index (χ1) is 11.5. The highest BCUT2D eigenvalue weighted by molar-refractivity contribution is 5.76. The summed E-state index contributed by atoms with van der Waals surface area (Å²) in [6.45, 7) is 7.57. The predicted molar refractivity (Wildman–Crippen MR) is 102 cm³/mol. The van der Waals surface area contributed by atoms with E-state index in [2.05, 4.69) is 25.7 Å². The van der Waals surface area contributed by atoms with Crippen molar-refractivity contribution in [1.29, 1.82) is 0 Å². The summed E-state index contributed by atoms with van der Waals surface area (Å²) < 4.78 is 0. The molecule has 0 aliphatic carbocycles. The molecule has 2 unspecified atom stereocenters. The average Bonchev–Trinajstić information content (AvgIpc) is 2.56. The molecule has 0 aliphatic heterocycles. The van der Waals surface area contributed by atoms with Crippen LogP contribution in [0.25, 0.3) is 0 Å². The van der Waals surface area contributed by atoms with Crippen molar-refractivity contribution in [2.45, 2.75) is 97.0 Å². The molecule has 0 radical (unpaired) electrons. The second-order valence-corrected chi connectivity index (χ2v) is 7.09. The SMILES string of the molecule is C=CC(C)(CCCCCC/C=C\CC(O)CCCCCC)C(=O)O. The lowest BCUT2D eigenvalue weighted by Gasteiger charge is -2.19. The van der Waals surface area contributed by atoms with Crippen molar-refractivity contribution >= 4 is 5.97 Å². The molecule has 0 aromatic heterocycles. The highest BCUT2D eigenvalue weighted by atomic mass is 16.4. The van der Waals surface area contributed by atoms with Gasteiger partial charge in [0.15, 0.2) is 0 Å². The van der Waals surface area contributed by atoms with E-state index in [-0.39, 0.29) is 6.10 Å². The minimum absolute atomic E-state index is 0.189. The van der Waals surface area contributed by atoms with Crippen LogP contribution in [0.3, 0.4) is 0 Å². The number of carboxylic acid groups (broad SMARTS) is 1. The number of hydrogen-bond donors (Lipinski definition) is 2. The van der Waals surface area contributed by atoms with Gasteiger partial charge in [-0.05, 0) is 39.0 Å². The van der Waals surface area contributed by atoms with Crippen molar-refractivity contribution in [3.8, 4) is 0 Å². The van der Waals surface area contributed by atoms with Gasteiger partial charge in [-0.2, -0.15) is 0 Å². The van der Waals surface area contributed by atoms with Crippen molar-refractivity contribution in [3.63, 3.8) is 0 Å². The van der Waals surface area contributed by atoms with Crippen LogP contribution in [0, 0.1) is 5.41 Å². The molecule has 0 saturated carbocycles. The molecule has 140 valence electrons. The first kappa shape index (κ1) is 22.9. The third-order valence-electron chi connectivity index (χ3n) is 4.72. The molecule has 3 nitrogen and oxygen atoms in total. The van der Waals surface area contributed by atoms with Crippen molar-refractivity contribution in [1.82, 2.24) is 0 Å². The van der Waals surface area contributed by atoms with Gasteiger partial charge in [-0.3, -0.25) is 4.79 Å². The fraction of sp³-hybridized carbons (Fsp3) is 0.762. The van der Waals surface area contributed by atoms with Crippen LogP contribution in [0.4, 0.5) is 0 Å². The molecule has 2 atom stereocenters. The maximum atomic E-state index is 11.1. The molecule has 2 N–H and O–H groups in total. The summed E-state index contributed by atoms with van der Waals surface area (Å²) in [5.41, 5.74) is -0.785. The quantitative estimate of drug-likeness (QED) is 0.273. The Labute approximate surface area is 148 Å². The van der Waals surface area contributed by atoms with E-state index in [1.54, 1.807) is 13.0 Å². The number of aliphatic hydroxyl groups excluding tert-OH is 1. The van der Waals surface area contributed by atoms with Gasteiger partial charge in [0.2, 0.25) is 0 Å². The third kappa shape index (κ3) is 11.4. The number of carbonyl (C=O) groups is 1. The largest absolute Gasteiger partial charge is 0.481 e. The predicted octanol–water partition coefficient (Wildman–Crippen LogP) is 5.88. The summed E-state index contributed by atoms with van der Waals surface area (Å²) in [7, 11) is 0. The number of aliphatic hydroxyl groups is 1. The van der Waals surface area contributed by atoms with E-state index >= 15 is 0 Å². The molecule has 0 rings (SSSR count). The molecule has 0 heterocycles. The Morgan fingerprint density at radius 3 is 2.38 bits per heavy atom. The fourth-order valence-corrected chi connectivity index (χ4v) is 2.70. The van der Waals surface area contributed by atoms with Crippen LogP contribution < -0.4 is 0 Å². The van der Waals surface area contributed by atoms with Crippen LogP contribution in [0.5, 0.6) is 0 Å². The lowest BCUT2D eigenvalue weighted by Crippen LogP contribution is -2.24. The van der Waals surface area contributed by atoms with E-state index in [4.69, 9.17) is 5.11 Å². The Kier molecular flexibility index (Phi) is 13.6. The van der Waals surface area contributed by atoms with Gasteiger partial charge in [-0.15, -0.1) is 6.58 Å². The zero-order valence-corrected chi connectivity index (χ0v) is 15.8. The Bertz CT molecular complexity index is 362. The maximum absolute atomic E-state index is 11.1. The number of aliphatic carboxylic acids is 1. The number of hydrogen-bond acceptors (Lipinski definition) is 2. The summed E-state index contributed by atoms with van der Waals surface area (Å²) >= 11 is 0. The van der Waals surface area contributed by atoms with Gasteiger partial charge in [-0.1, -0.05) is 70.1 Å². The number of rotatable bonds is 16. The van der Waals surface area contributed by atoms with Crippen molar-refractivity contribution in [2.75, 3.05) is 0 Å². The normalized spacial score (nSPS) is 15.3. The first-order valence-corrected chi connectivity index (χ1v) is 9.66. The topological polar surface area (TPSA) is 57.5 Å². The Morgan fingerprint density at radius 1 is 1.08 bits per heavy atom. The lowest BCUT2D eigenvalue weighted by atomic mass is 9.85. The summed E-state index contributed by atoms with van der Waals surface area (Å²) in [5, 5.41) is 19.0. The number of allylic oxidation sites excluding steroid dienone is 1. The van der Waals surface area contributed by atoms with Gasteiger partial charge in [0.05, 0.1) is 11.5 Å². The smallest absolute Gasteiger partial charge is 0.313 e. The lowest BCUT2D eigenvalue weighted by molar-refractivity contribution is -0.145. The molecule has 0 aromatic carbocycles. The molecule has 3 heteroatoms. The third-order valence-corrected chi connectivity index (χ3v) is 4.72. The van der Waals surface area contributed by atoms with E-state index in [1.807, 2.05) is 0 Å². The summed E-state index contributed by atoms with van der Waals surface area (Å²) in [6, 6.07) is 0. The standard InChI is InChI=1S/C21H38O3/c1-4-6-7-13-16-19(22)17-14-11-9-8-10-12-15-18-21(3,5-2)20(23)24/h5,11,14,19,22H,2,4,6-10,12-13,15-18H2,1,3H3,(H,23,24)/b14-11-. The monoisotopic (exact) mass is 338 g/mol. The van der Waals surface area contributed by atoms with Crippen LogP contribution in [-0.4, -0.2) is 22.3 Å². The highest BCUT2D eigenvalue weighted by Gasteiger charge is 2.28. The number of carboxylic acids is 1. The van der Waals surface area contributed by atoms with Crippen LogP contribution in [0.2, 0.25) is 0 Å². The molecule has 0 amide bonds. The van der Waals surface area contributed by atoms with Gasteiger partial charge in [-0.25, -0.2) is 0 Å².